The zero-order valence-corrected chi connectivity index (χ0v) is 53.9. The molecule has 0 aliphatic carbocycles. The average Bonchev–Trinajstić information content (AvgIpc) is 0.739. The van der Waals surface area contributed by atoms with Crippen LogP contribution in [0.15, 0.2) is 340 Å². The quantitative estimate of drug-likeness (QED) is 0.125. The summed E-state index contributed by atoms with van der Waals surface area (Å²) < 4.78 is 0. The van der Waals surface area contributed by atoms with E-state index in [2.05, 4.69) is 307 Å². The highest BCUT2D eigenvalue weighted by atomic mass is 15.0. The monoisotopic (exact) mass is 1270 g/mol. The number of hydrogen-bond donors (Lipinski definition) is 0. The molecule has 0 fully saturated rings. The molecule has 100 heavy (non-hydrogen) atoms. The van der Waals surface area contributed by atoms with E-state index in [0.29, 0.717) is 34.9 Å². The van der Waals surface area contributed by atoms with E-state index in [1.807, 2.05) is 36.8 Å². The van der Waals surface area contributed by atoms with E-state index in [0.717, 1.165) is 77.5 Å². The van der Waals surface area contributed by atoms with E-state index in [9.17, 15) is 0 Å². The summed E-state index contributed by atoms with van der Waals surface area (Å²) in [6.07, 6.45) is 7.30. The molecule has 8 heteroatoms. The van der Waals surface area contributed by atoms with Crippen molar-refractivity contribution in [2.24, 2.45) is 0 Å². The molecular weight excluding hydrogens is 1220 g/mol. The van der Waals surface area contributed by atoms with E-state index in [-0.39, 0.29) is 0 Å². The van der Waals surface area contributed by atoms with Gasteiger partial charge < -0.3 is 0 Å². The van der Waals surface area contributed by atoms with Crippen LogP contribution < -0.4 is 0 Å². The Balaban J connectivity index is 0.000000139. The molecule has 0 unspecified atom stereocenters. The first-order valence-electron chi connectivity index (χ1n) is 33.6. The molecule has 0 aliphatic heterocycles. The molecule has 8 nitrogen and oxygen atoms in total. The molecule has 0 spiro atoms. The zero-order chi connectivity index (χ0) is 66.0. The summed E-state index contributed by atoms with van der Waals surface area (Å²) in [7, 11) is 0. The highest BCUT2D eigenvalue weighted by molar-refractivity contribution is 6.26. The third-order valence-corrected chi connectivity index (χ3v) is 19.6. The summed E-state index contributed by atoms with van der Waals surface area (Å²) in [5, 5.41) is 19.6. The van der Waals surface area contributed by atoms with Crippen molar-refractivity contribution in [1.29, 1.82) is 0 Å². The van der Waals surface area contributed by atoms with Crippen molar-refractivity contribution < 1.29 is 0 Å². The van der Waals surface area contributed by atoms with E-state index in [1.165, 1.54) is 86.5 Å². The molecule has 464 valence electrons. The third kappa shape index (κ3) is 10.5. The van der Waals surface area contributed by atoms with Gasteiger partial charge in [0.15, 0.2) is 34.9 Å². The summed E-state index contributed by atoms with van der Waals surface area (Å²) >= 11 is 0. The molecule has 0 atom stereocenters. The highest BCUT2D eigenvalue weighted by Gasteiger charge is 2.21. The second-order valence-electron chi connectivity index (χ2n) is 25.5. The Kier molecular flexibility index (Phi) is 14.0. The lowest BCUT2D eigenvalue weighted by atomic mass is 9.92. The minimum absolute atomic E-state index is 0.632. The Bertz CT molecular complexity index is 6050. The van der Waals surface area contributed by atoms with E-state index in [4.69, 9.17) is 29.9 Å². The van der Waals surface area contributed by atoms with Crippen LogP contribution in [0.3, 0.4) is 0 Å². The Morgan fingerprint density at radius 2 is 0.460 bits per heavy atom. The van der Waals surface area contributed by atoms with Crippen molar-refractivity contribution in [3.8, 4) is 113 Å². The van der Waals surface area contributed by atoms with E-state index in [1.54, 1.807) is 6.20 Å². The molecule has 20 rings (SSSR count). The Hall–Kier alpha value is -13.6. The number of hydrogen-bond acceptors (Lipinski definition) is 8. The Morgan fingerprint density at radius 1 is 0.160 bits per heavy atom. The van der Waals surface area contributed by atoms with Crippen LogP contribution in [0.2, 0.25) is 0 Å². The van der Waals surface area contributed by atoms with Crippen molar-refractivity contribution in [2.45, 2.75) is 0 Å². The molecular formula is C92H56N8. The van der Waals surface area contributed by atoms with Crippen molar-refractivity contribution in [2.75, 3.05) is 0 Å². The number of benzene rings is 16. The number of fused-ring (bicyclic) bond motifs is 2. The van der Waals surface area contributed by atoms with E-state index < -0.39 is 0 Å². The van der Waals surface area contributed by atoms with Gasteiger partial charge in [0.25, 0.3) is 0 Å². The normalized spacial score (nSPS) is 11.6. The van der Waals surface area contributed by atoms with Crippen LogP contribution >= 0.6 is 0 Å². The first-order chi connectivity index (χ1) is 49.5. The fourth-order valence-electron chi connectivity index (χ4n) is 14.4. The molecule has 20 aromatic rings. The molecule has 0 amide bonds. The van der Waals surface area contributed by atoms with Gasteiger partial charge in [-0.05, 0) is 173 Å². The van der Waals surface area contributed by atoms with Gasteiger partial charge in [-0.2, -0.15) is 0 Å². The molecule has 4 heterocycles. The lowest BCUT2D eigenvalue weighted by Crippen LogP contribution is -2.01. The topological polar surface area (TPSA) is 103 Å². The number of nitrogens with zero attached hydrogens (tertiary/aromatic N) is 8. The van der Waals surface area contributed by atoms with Crippen LogP contribution in [0.5, 0.6) is 0 Å². The van der Waals surface area contributed by atoms with Gasteiger partial charge in [-0.1, -0.05) is 273 Å². The highest BCUT2D eigenvalue weighted by Crippen LogP contribution is 2.42. The SMILES string of the molecule is c1ccc2cc(-c3ccc(-c4nc(-c5ccc(-c6ccncc6)cc5)nc(-c5ccc6ccc7cccc8ccc5c6c78)n4)cc3)ccc2c1.c1cncc(-c2ccc(-c3nc(-c4ccc(-c5ccc6ccccc6c5)cc4)nc(-c4ccc5ccc6cccc7ccc4c5c67)n3)cc2)c1. The van der Waals surface area contributed by atoms with Gasteiger partial charge in [0, 0.05) is 58.2 Å². The zero-order valence-electron chi connectivity index (χ0n) is 53.9. The van der Waals surface area contributed by atoms with Crippen molar-refractivity contribution in [3.63, 3.8) is 0 Å². The van der Waals surface area contributed by atoms with Crippen molar-refractivity contribution in [1.82, 2.24) is 39.9 Å². The predicted molar refractivity (Wildman–Crippen MR) is 412 cm³/mol. The van der Waals surface area contributed by atoms with Gasteiger partial charge in [0.1, 0.15) is 0 Å². The minimum Gasteiger partial charge on any atom is -0.265 e. The smallest absolute Gasteiger partial charge is 0.164 e. The maximum absolute atomic E-state index is 5.16. The molecule has 0 radical (unpaired) electrons. The molecule has 0 bridgehead atoms. The van der Waals surface area contributed by atoms with Crippen LogP contribution in [0.25, 0.3) is 199 Å². The molecule has 4 aromatic heterocycles. The van der Waals surface area contributed by atoms with E-state index >= 15 is 0 Å². The first kappa shape index (κ1) is 57.9. The van der Waals surface area contributed by atoms with Crippen LogP contribution in [0.1, 0.15) is 0 Å². The van der Waals surface area contributed by atoms with Gasteiger partial charge >= 0.3 is 0 Å². The van der Waals surface area contributed by atoms with Crippen LogP contribution in [0, 0.1) is 0 Å². The molecule has 0 saturated carbocycles. The number of aromatic nitrogens is 8. The lowest BCUT2D eigenvalue weighted by Gasteiger charge is -2.14. The summed E-state index contributed by atoms with van der Waals surface area (Å²) in [5.41, 5.74) is 14.7. The maximum atomic E-state index is 5.16. The summed E-state index contributed by atoms with van der Waals surface area (Å²) in [6.45, 7) is 0. The predicted octanol–water partition coefficient (Wildman–Crippen LogP) is 23.3. The number of rotatable bonds is 10. The third-order valence-electron chi connectivity index (χ3n) is 19.6. The van der Waals surface area contributed by atoms with Gasteiger partial charge in [0.2, 0.25) is 0 Å². The maximum Gasteiger partial charge on any atom is 0.164 e. The van der Waals surface area contributed by atoms with Gasteiger partial charge in [0.05, 0.1) is 0 Å². The lowest BCUT2D eigenvalue weighted by molar-refractivity contribution is 1.08. The molecule has 0 N–H and O–H groups in total. The van der Waals surface area contributed by atoms with Crippen LogP contribution in [-0.2, 0) is 0 Å². The van der Waals surface area contributed by atoms with Gasteiger partial charge in [-0.3, -0.25) is 9.97 Å². The van der Waals surface area contributed by atoms with Gasteiger partial charge in [-0.15, -0.1) is 0 Å². The Labute approximate surface area is 575 Å². The van der Waals surface area contributed by atoms with Crippen LogP contribution in [0.4, 0.5) is 0 Å². The minimum atomic E-state index is 0.632. The average molecular weight is 1270 g/mol. The largest absolute Gasteiger partial charge is 0.265 e. The molecule has 0 saturated heterocycles. The molecule has 16 aromatic carbocycles. The second kappa shape index (κ2) is 24.3. The number of pyridine rings is 2. The van der Waals surface area contributed by atoms with Crippen molar-refractivity contribution >= 4 is 86.2 Å². The Morgan fingerprint density at radius 3 is 0.860 bits per heavy atom. The summed E-state index contributed by atoms with van der Waals surface area (Å²) in [5.74, 6) is 3.84. The van der Waals surface area contributed by atoms with Crippen LogP contribution in [-0.4, -0.2) is 39.9 Å². The van der Waals surface area contributed by atoms with Gasteiger partial charge in [-0.25, -0.2) is 29.9 Å². The second-order valence-corrected chi connectivity index (χ2v) is 25.5. The first-order valence-corrected chi connectivity index (χ1v) is 33.6. The summed E-state index contributed by atoms with van der Waals surface area (Å²) in [6, 6.07) is 111. The molecule has 0 aliphatic rings. The van der Waals surface area contributed by atoms with Crippen molar-refractivity contribution in [3.05, 3.63) is 340 Å². The standard InChI is InChI=1S/2C46H28N4/c1-2-6-37-27-38(21-14-29(37)5-1)30-10-17-35(18-11-30)44-48-45(36-19-12-31(13-20-36)39-9-4-26-47-28-39)50-46(49-44)41-25-23-34-16-15-32-7-3-8-33-22-24-40(41)43(34)42(32)33;1-2-5-38-28-39(19-12-29(38)4-1)31-10-17-37(18-11-31)45-48-44(36-15-8-30(9-16-36)32-24-26-47-27-25-32)49-46(50-45)41-23-21-35-14-13-33-6-3-7-34-20-22-40(41)43(35)42(33)34/h2*1-28H. The fourth-order valence-corrected chi connectivity index (χ4v) is 14.4. The summed E-state index contributed by atoms with van der Waals surface area (Å²) in [4.78, 5) is 39.2. The fraction of sp³-hybridized carbons (Fsp3) is 0.